The monoisotopic (exact) mass is 636 g/mol. The molecule has 0 unspecified atom stereocenters. The van der Waals surface area contributed by atoms with Gasteiger partial charge in [-0.2, -0.15) is 0 Å². The maximum absolute atomic E-state index is 5.00. The van der Waals surface area contributed by atoms with Crippen molar-refractivity contribution in [1.29, 1.82) is 0 Å². The van der Waals surface area contributed by atoms with Crippen molar-refractivity contribution in [3.8, 4) is 33.5 Å². The number of hydrogen-bond acceptors (Lipinski definition) is 1. The van der Waals surface area contributed by atoms with Crippen LogP contribution in [0.15, 0.2) is 182 Å². The summed E-state index contributed by atoms with van der Waals surface area (Å²) in [5, 5.41) is 10.1. The van der Waals surface area contributed by atoms with Crippen LogP contribution in [0.25, 0.3) is 82.2 Å². The molecule has 10 rings (SSSR count). The van der Waals surface area contributed by atoms with E-state index in [-0.39, 0.29) is 0 Å². The molecule has 0 aliphatic carbocycles. The van der Waals surface area contributed by atoms with Gasteiger partial charge in [0.2, 0.25) is 0 Å². The van der Waals surface area contributed by atoms with E-state index < -0.39 is 0 Å². The molecule has 0 atom stereocenters. The molecule has 2 aromatic heterocycles. The highest BCUT2D eigenvalue weighted by molar-refractivity contribution is 6.21. The number of nitrogens with zero attached hydrogens (tertiary/aromatic N) is 2. The third kappa shape index (κ3) is 4.84. The molecule has 0 aliphatic rings. The fourth-order valence-electron chi connectivity index (χ4n) is 7.77. The van der Waals surface area contributed by atoms with Crippen LogP contribution in [0, 0.1) is 0 Å². The van der Waals surface area contributed by atoms with Gasteiger partial charge >= 0.3 is 0 Å². The predicted molar refractivity (Wildman–Crippen MR) is 211 cm³/mol. The Morgan fingerprint density at radius 2 is 0.880 bits per heavy atom. The molecule has 234 valence electrons. The number of hydrogen-bond donors (Lipinski definition) is 0. The summed E-state index contributed by atoms with van der Waals surface area (Å²) in [6.45, 7) is 0. The van der Waals surface area contributed by atoms with E-state index in [0.29, 0.717) is 0 Å². The van der Waals surface area contributed by atoms with Crippen LogP contribution in [-0.4, -0.2) is 9.38 Å². The van der Waals surface area contributed by atoms with E-state index in [4.69, 9.17) is 4.98 Å². The van der Waals surface area contributed by atoms with Crippen molar-refractivity contribution in [2.45, 2.75) is 6.42 Å². The highest BCUT2D eigenvalue weighted by atomic mass is 15.0. The molecule has 0 fully saturated rings. The molecule has 0 bridgehead atoms. The summed E-state index contributed by atoms with van der Waals surface area (Å²) in [5.74, 6) is 0. The van der Waals surface area contributed by atoms with Gasteiger partial charge in [-0.1, -0.05) is 158 Å². The van der Waals surface area contributed by atoms with Crippen molar-refractivity contribution in [2.24, 2.45) is 0 Å². The number of aromatic nitrogens is 2. The second-order valence-electron chi connectivity index (χ2n) is 13.3. The first-order valence-electron chi connectivity index (χ1n) is 17.2. The van der Waals surface area contributed by atoms with Crippen LogP contribution in [0.1, 0.15) is 11.1 Å². The minimum Gasteiger partial charge on any atom is -0.306 e. The Morgan fingerprint density at radius 3 is 1.54 bits per heavy atom. The van der Waals surface area contributed by atoms with Gasteiger partial charge in [0.15, 0.2) is 0 Å². The predicted octanol–water partition coefficient (Wildman–Crippen LogP) is 12.5. The Labute approximate surface area is 290 Å². The van der Waals surface area contributed by atoms with Crippen molar-refractivity contribution in [3.05, 3.63) is 193 Å². The summed E-state index contributed by atoms with van der Waals surface area (Å²) in [6, 6.07) is 61.7. The summed E-state index contributed by atoms with van der Waals surface area (Å²) in [4.78, 5) is 5.00. The van der Waals surface area contributed by atoms with Gasteiger partial charge in [-0.3, -0.25) is 0 Å². The molecule has 0 aliphatic heterocycles. The molecule has 2 heterocycles. The Hall–Kier alpha value is -6.51. The van der Waals surface area contributed by atoms with E-state index in [1.807, 2.05) is 0 Å². The number of benzene rings is 8. The van der Waals surface area contributed by atoms with E-state index >= 15 is 0 Å². The maximum Gasteiger partial charge on any atom is 0.137 e. The van der Waals surface area contributed by atoms with Gasteiger partial charge in [0, 0.05) is 18.0 Å². The highest BCUT2D eigenvalue weighted by Crippen LogP contribution is 2.44. The smallest absolute Gasteiger partial charge is 0.137 e. The van der Waals surface area contributed by atoms with Crippen molar-refractivity contribution in [1.82, 2.24) is 9.38 Å². The SMILES string of the molecule is c1ccc2cc(Cc3ccc4nc(-c5ccc(-c6c7ccccc7c(-c7ccc8ccccc8c7)c7ccccc67)cc5)cn4c3)ccc2c1. The Bertz CT molecular complexity index is 2840. The fraction of sp³-hybridized carbons (Fsp3) is 0.0208. The largest absolute Gasteiger partial charge is 0.306 e. The molecule has 8 aromatic carbocycles. The van der Waals surface area contributed by atoms with Crippen LogP contribution < -0.4 is 0 Å². The molecular formula is C48H32N2. The quantitative estimate of drug-likeness (QED) is 0.172. The molecular weight excluding hydrogens is 605 g/mol. The zero-order valence-corrected chi connectivity index (χ0v) is 27.4. The zero-order chi connectivity index (χ0) is 33.0. The van der Waals surface area contributed by atoms with Gasteiger partial charge in [-0.05, 0) is 95.0 Å². The fourth-order valence-corrected chi connectivity index (χ4v) is 7.77. The number of rotatable bonds is 5. The lowest BCUT2D eigenvalue weighted by molar-refractivity contribution is 1.10. The Balaban J connectivity index is 1.03. The maximum atomic E-state index is 5.00. The first-order chi connectivity index (χ1) is 24.7. The molecule has 0 spiro atoms. The van der Waals surface area contributed by atoms with E-state index in [9.17, 15) is 0 Å². The van der Waals surface area contributed by atoms with Gasteiger partial charge < -0.3 is 4.40 Å². The Kier molecular flexibility index (Phi) is 6.60. The van der Waals surface area contributed by atoms with Crippen LogP contribution in [-0.2, 0) is 6.42 Å². The normalized spacial score (nSPS) is 11.7. The van der Waals surface area contributed by atoms with Gasteiger partial charge in [0.05, 0.1) is 5.69 Å². The minimum absolute atomic E-state index is 0.880. The summed E-state index contributed by atoms with van der Waals surface area (Å²) in [5.41, 5.74) is 10.6. The molecule has 10 aromatic rings. The third-order valence-electron chi connectivity index (χ3n) is 10.2. The van der Waals surface area contributed by atoms with E-state index in [1.54, 1.807) is 0 Å². The molecule has 2 nitrogen and oxygen atoms in total. The van der Waals surface area contributed by atoms with Crippen molar-refractivity contribution < 1.29 is 0 Å². The zero-order valence-electron chi connectivity index (χ0n) is 27.4. The van der Waals surface area contributed by atoms with Crippen LogP contribution >= 0.6 is 0 Å². The molecule has 0 saturated carbocycles. The number of fused-ring (bicyclic) bond motifs is 5. The summed E-state index contributed by atoms with van der Waals surface area (Å²) in [6.07, 6.45) is 5.24. The lowest BCUT2D eigenvalue weighted by Gasteiger charge is -2.18. The van der Waals surface area contributed by atoms with Crippen molar-refractivity contribution in [3.63, 3.8) is 0 Å². The van der Waals surface area contributed by atoms with Crippen molar-refractivity contribution in [2.75, 3.05) is 0 Å². The molecule has 0 radical (unpaired) electrons. The summed E-state index contributed by atoms with van der Waals surface area (Å²) < 4.78 is 2.16. The second kappa shape index (κ2) is 11.6. The van der Waals surface area contributed by atoms with E-state index in [2.05, 4.69) is 187 Å². The van der Waals surface area contributed by atoms with E-state index in [0.717, 1.165) is 23.3 Å². The summed E-state index contributed by atoms with van der Waals surface area (Å²) in [7, 11) is 0. The van der Waals surface area contributed by atoms with Crippen molar-refractivity contribution >= 4 is 48.7 Å². The summed E-state index contributed by atoms with van der Waals surface area (Å²) >= 11 is 0. The molecule has 0 amide bonds. The molecule has 2 heteroatoms. The van der Waals surface area contributed by atoms with Crippen LogP contribution in [0.2, 0.25) is 0 Å². The van der Waals surface area contributed by atoms with Gasteiger partial charge in [-0.25, -0.2) is 4.98 Å². The van der Waals surface area contributed by atoms with Gasteiger partial charge in [-0.15, -0.1) is 0 Å². The molecule has 50 heavy (non-hydrogen) atoms. The third-order valence-corrected chi connectivity index (χ3v) is 10.2. The van der Waals surface area contributed by atoms with Crippen LogP contribution in [0.4, 0.5) is 0 Å². The van der Waals surface area contributed by atoms with Gasteiger partial charge in [0.25, 0.3) is 0 Å². The van der Waals surface area contributed by atoms with Crippen LogP contribution in [0.5, 0.6) is 0 Å². The lowest BCUT2D eigenvalue weighted by Crippen LogP contribution is -1.92. The highest BCUT2D eigenvalue weighted by Gasteiger charge is 2.17. The standard InChI is InChI=1S/C48H32N2/c1-3-11-38-28-32(17-19-34(38)9-1)27-33-18-26-46-49-45(31-50(46)30-33)36-21-23-37(24-22-36)47-41-13-5-7-15-43(41)48(44-16-8-6-14-42(44)47)40-25-20-35-10-2-4-12-39(35)29-40/h1-26,28-31H,27H2. The van der Waals surface area contributed by atoms with Gasteiger partial charge in [0.1, 0.15) is 5.65 Å². The lowest BCUT2D eigenvalue weighted by atomic mass is 9.85. The first kappa shape index (κ1) is 28.5. The van der Waals surface area contributed by atoms with Crippen LogP contribution in [0.3, 0.4) is 0 Å². The first-order valence-corrected chi connectivity index (χ1v) is 17.2. The Morgan fingerprint density at radius 1 is 0.380 bits per heavy atom. The van der Waals surface area contributed by atoms with E-state index in [1.165, 1.54) is 76.5 Å². The molecule has 0 N–H and O–H groups in total. The molecule has 0 saturated heterocycles. The average Bonchev–Trinajstić information content (AvgIpc) is 3.60. The number of pyridine rings is 1. The number of imidazole rings is 1. The minimum atomic E-state index is 0.880. The average molecular weight is 637 g/mol. The topological polar surface area (TPSA) is 17.3 Å². The second-order valence-corrected chi connectivity index (χ2v) is 13.3.